The fourth-order valence-electron chi connectivity index (χ4n) is 2.56. The van der Waals surface area contributed by atoms with Crippen LogP contribution in [0.25, 0.3) is 0 Å². The lowest BCUT2D eigenvalue weighted by Crippen LogP contribution is -2.17. The molecule has 2 aromatic rings. The van der Waals surface area contributed by atoms with E-state index in [0.717, 1.165) is 23.1 Å². The zero-order valence-corrected chi connectivity index (χ0v) is 12.4. The van der Waals surface area contributed by atoms with Crippen LogP contribution in [-0.2, 0) is 6.42 Å². The number of hydrogen-bond donors (Lipinski definition) is 1. The van der Waals surface area contributed by atoms with Crippen LogP contribution < -0.4 is 10.1 Å². The van der Waals surface area contributed by atoms with Gasteiger partial charge in [0, 0.05) is 10.2 Å². The third-order valence-corrected chi connectivity index (χ3v) is 4.11. The molecule has 1 aliphatic rings. The predicted molar refractivity (Wildman–Crippen MR) is 81.8 cm³/mol. The minimum atomic E-state index is 0.389. The third-order valence-electron chi connectivity index (χ3n) is 3.62. The quantitative estimate of drug-likeness (QED) is 0.876. The van der Waals surface area contributed by atoms with Crippen LogP contribution in [0.5, 0.6) is 5.75 Å². The van der Waals surface area contributed by atoms with Crippen molar-refractivity contribution in [2.24, 2.45) is 0 Å². The molecule has 1 aliphatic heterocycles. The van der Waals surface area contributed by atoms with Gasteiger partial charge in [0.25, 0.3) is 0 Å². The van der Waals surface area contributed by atoms with E-state index in [9.17, 15) is 0 Å². The lowest BCUT2D eigenvalue weighted by molar-refractivity contribution is 0.414. The Balaban J connectivity index is 1.82. The first-order valence-corrected chi connectivity index (χ1v) is 7.24. The summed E-state index contributed by atoms with van der Waals surface area (Å²) < 4.78 is 6.35. The van der Waals surface area contributed by atoms with Crippen molar-refractivity contribution < 1.29 is 4.74 Å². The topological polar surface area (TPSA) is 21.3 Å². The Morgan fingerprint density at radius 2 is 1.95 bits per heavy atom. The normalized spacial score (nSPS) is 17.5. The molecule has 1 unspecified atom stereocenters. The number of methoxy groups -OCH3 is 1. The van der Waals surface area contributed by atoms with E-state index in [1.165, 1.54) is 16.8 Å². The Labute approximate surface area is 121 Å². The van der Waals surface area contributed by atoms with E-state index in [-0.39, 0.29) is 0 Å². The molecule has 0 aliphatic carbocycles. The molecule has 0 amide bonds. The smallest absolute Gasteiger partial charge is 0.118 e. The highest BCUT2D eigenvalue weighted by molar-refractivity contribution is 9.10. The molecule has 3 heteroatoms. The van der Waals surface area contributed by atoms with E-state index >= 15 is 0 Å². The van der Waals surface area contributed by atoms with E-state index < -0.39 is 0 Å². The summed E-state index contributed by atoms with van der Waals surface area (Å²) >= 11 is 3.52. The largest absolute Gasteiger partial charge is 0.497 e. The summed E-state index contributed by atoms with van der Waals surface area (Å²) in [7, 11) is 1.70. The van der Waals surface area contributed by atoms with Gasteiger partial charge in [0.2, 0.25) is 0 Å². The number of benzene rings is 2. The first-order chi connectivity index (χ1) is 9.26. The maximum Gasteiger partial charge on any atom is 0.118 e. The zero-order chi connectivity index (χ0) is 13.2. The Hall–Kier alpha value is -1.48. The average Bonchev–Trinajstić information content (AvgIpc) is 2.47. The van der Waals surface area contributed by atoms with Gasteiger partial charge in [-0.2, -0.15) is 0 Å². The number of halogens is 1. The molecule has 0 saturated heterocycles. The molecule has 0 spiro atoms. The fraction of sp³-hybridized carbons (Fsp3) is 0.250. The summed E-state index contributed by atoms with van der Waals surface area (Å²) in [6.45, 7) is 0. The first kappa shape index (κ1) is 12.5. The molecule has 0 fully saturated rings. The monoisotopic (exact) mass is 317 g/mol. The van der Waals surface area contributed by atoms with E-state index in [1.54, 1.807) is 7.11 Å². The molecule has 0 bridgehead atoms. The lowest BCUT2D eigenvalue weighted by Gasteiger charge is -2.27. The second-order valence-corrected chi connectivity index (χ2v) is 5.73. The number of anilines is 1. The van der Waals surface area contributed by atoms with Crippen LogP contribution in [0.1, 0.15) is 23.6 Å². The van der Waals surface area contributed by atoms with Gasteiger partial charge < -0.3 is 10.1 Å². The minimum Gasteiger partial charge on any atom is -0.497 e. The Bertz CT molecular complexity index is 580. The maximum absolute atomic E-state index is 5.20. The van der Waals surface area contributed by atoms with Crippen LogP contribution in [0.15, 0.2) is 46.9 Å². The van der Waals surface area contributed by atoms with Crippen molar-refractivity contribution in [3.63, 3.8) is 0 Å². The van der Waals surface area contributed by atoms with Crippen LogP contribution >= 0.6 is 15.9 Å². The molecule has 19 heavy (non-hydrogen) atoms. The van der Waals surface area contributed by atoms with Gasteiger partial charge in [0.1, 0.15) is 5.75 Å². The number of fused-ring (bicyclic) bond motifs is 1. The number of ether oxygens (including phenoxy) is 1. The Kier molecular flexibility index (Phi) is 3.47. The maximum atomic E-state index is 5.20. The molecule has 0 aromatic heterocycles. The molecule has 1 N–H and O–H groups in total. The van der Waals surface area contributed by atoms with Crippen molar-refractivity contribution in [3.8, 4) is 5.75 Å². The van der Waals surface area contributed by atoms with Gasteiger partial charge in [-0.1, -0.05) is 28.1 Å². The number of nitrogens with one attached hydrogen (secondary N) is 1. The number of aryl methyl sites for hydroxylation is 1. The molecule has 98 valence electrons. The molecule has 0 saturated carbocycles. The third kappa shape index (κ3) is 2.61. The Morgan fingerprint density at radius 3 is 2.68 bits per heavy atom. The van der Waals surface area contributed by atoms with Gasteiger partial charge in [-0.05, 0) is 54.3 Å². The zero-order valence-electron chi connectivity index (χ0n) is 10.8. The number of rotatable bonds is 2. The van der Waals surface area contributed by atoms with Crippen molar-refractivity contribution >= 4 is 21.6 Å². The standard InChI is InChI=1S/C16H16BrNO/c1-19-14-6-2-11(3-7-14)15-8-4-12-10-13(17)5-9-16(12)18-15/h2-3,5-7,9-10,15,18H,4,8H2,1H3. The van der Waals surface area contributed by atoms with Crippen molar-refractivity contribution in [1.29, 1.82) is 0 Å². The first-order valence-electron chi connectivity index (χ1n) is 6.45. The molecule has 2 nitrogen and oxygen atoms in total. The fourth-order valence-corrected chi connectivity index (χ4v) is 2.96. The molecular weight excluding hydrogens is 302 g/mol. The van der Waals surface area contributed by atoms with Crippen molar-refractivity contribution in [2.75, 3.05) is 12.4 Å². The lowest BCUT2D eigenvalue weighted by atomic mass is 9.93. The molecule has 3 rings (SSSR count). The van der Waals surface area contributed by atoms with Crippen LogP contribution in [0.3, 0.4) is 0 Å². The van der Waals surface area contributed by atoms with Crippen LogP contribution in [-0.4, -0.2) is 7.11 Å². The highest BCUT2D eigenvalue weighted by Crippen LogP contribution is 2.34. The second kappa shape index (κ2) is 5.25. The summed E-state index contributed by atoms with van der Waals surface area (Å²) in [6, 6.07) is 15.1. The summed E-state index contributed by atoms with van der Waals surface area (Å²) in [5.74, 6) is 0.906. The van der Waals surface area contributed by atoms with Crippen LogP contribution in [0.4, 0.5) is 5.69 Å². The van der Waals surface area contributed by atoms with Crippen molar-refractivity contribution in [3.05, 3.63) is 58.1 Å². The summed E-state index contributed by atoms with van der Waals surface area (Å²) in [5.41, 5.74) is 3.95. The van der Waals surface area contributed by atoms with Gasteiger partial charge in [0.15, 0.2) is 0 Å². The van der Waals surface area contributed by atoms with Crippen molar-refractivity contribution in [1.82, 2.24) is 0 Å². The average molecular weight is 318 g/mol. The highest BCUT2D eigenvalue weighted by Gasteiger charge is 2.19. The van der Waals surface area contributed by atoms with E-state index in [1.807, 2.05) is 12.1 Å². The molecule has 2 aromatic carbocycles. The van der Waals surface area contributed by atoms with E-state index in [2.05, 4.69) is 51.6 Å². The Morgan fingerprint density at radius 1 is 1.16 bits per heavy atom. The minimum absolute atomic E-state index is 0.389. The second-order valence-electron chi connectivity index (χ2n) is 4.81. The van der Waals surface area contributed by atoms with Gasteiger partial charge >= 0.3 is 0 Å². The van der Waals surface area contributed by atoms with Crippen LogP contribution in [0.2, 0.25) is 0 Å². The van der Waals surface area contributed by atoms with Gasteiger partial charge in [-0.3, -0.25) is 0 Å². The van der Waals surface area contributed by atoms with Gasteiger partial charge in [-0.15, -0.1) is 0 Å². The molecule has 1 heterocycles. The summed E-state index contributed by atoms with van der Waals surface area (Å²) in [4.78, 5) is 0. The molecular formula is C16H16BrNO. The molecule has 0 radical (unpaired) electrons. The van der Waals surface area contributed by atoms with Gasteiger partial charge in [0.05, 0.1) is 13.2 Å². The van der Waals surface area contributed by atoms with E-state index in [0.29, 0.717) is 6.04 Å². The van der Waals surface area contributed by atoms with Crippen molar-refractivity contribution in [2.45, 2.75) is 18.9 Å². The summed E-state index contributed by atoms with van der Waals surface area (Å²) in [5, 5.41) is 3.62. The van der Waals surface area contributed by atoms with E-state index in [4.69, 9.17) is 4.74 Å². The number of hydrogen-bond acceptors (Lipinski definition) is 2. The van der Waals surface area contributed by atoms with Crippen LogP contribution in [0, 0.1) is 0 Å². The SMILES string of the molecule is COc1ccc(C2CCc3cc(Br)ccc3N2)cc1. The summed E-state index contributed by atoms with van der Waals surface area (Å²) in [6.07, 6.45) is 2.23. The highest BCUT2D eigenvalue weighted by atomic mass is 79.9. The predicted octanol–water partition coefficient (Wildman–Crippen LogP) is 4.56. The molecule has 1 atom stereocenters. The van der Waals surface area contributed by atoms with Gasteiger partial charge in [-0.25, -0.2) is 0 Å².